The Morgan fingerprint density at radius 1 is 1.03 bits per heavy atom. The second-order valence-electron chi connectivity index (χ2n) is 9.46. The number of hydrogen-bond donors (Lipinski definition) is 1. The van der Waals surface area contributed by atoms with Crippen molar-refractivity contribution in [3.05, 3.63) is 63.7 Å². The van der Waals surface area contributed by atoms with Crippen LogP contribution in [0.4, 0.5) is 39.0 Å². The van der Waals surface area contributed by atoms with E-state index in [9.17, 15) is 32.1 Å². The van der Waals surface area contributed by atoms with E-state index in [2.05, 4.69) is 15.1 Å². The number of benzene rings is 2. The summed E-state index contributed by atoms with van der Waals surface area (Å²) in [5.74, 6) is -1.16. The lowest BCUT2D eigenvalue weighted by Gasteiger charge is -2.37. The number of nitrogens with one attached hydrogen (secondary N) is 1. The van der Waals surface area contributed by atoms with Crippen LogP contribution in [0.1, 0.15) is 24.8 Å². The van der Waals surface area contributed by atoms with Gasteiger partial charge in [0.25, 0.3) is 5.69 Å². The van der Waals surface area contributed by atoms with Crippen LogP contribution in [0.25, 0.3) is 0 Å². The number of nitrogens with zero attached hydrogens (tertiary/aromatic N) is 4. The molecular formula is C25H28F5N5O2S. The Morgan fingerprint density at radius 2 is 1.71 bits per heavy atom. The Hall–Kier alpha value is -3.06. The highest BCUT2D eigenvalue weighted by Gasteiger charge is 2.38. The molecule has 4 rings (SSSR count). The van der Waals surface area contributed by atoms with Crippen LogP contribution in [0.3, 0.4) is 0 Å². The lowest BCUT2D eigenvalue weighted by molar-refractivity contribution is -0.388. The lowest BCUT2D eigenvalue weighted by atomic mass is 10.0. The fourth-order valence-corrected chi connectivity index (χ4v) is 5.16. The summed E-state index contributed by atoms with van der Waals surface area (Å²) in [6, 6.07) is 6.51. The molecule has 2 aliphatic rings. The van der Waals surface area contributed by atoms with E-state index in [4.69, 9.17) is 12.2 Å². The summed E-state index contributed by atoms with van der Waals surface area (Å²) < 4.78 is 67.0. The number of nitro benzene ring substituents is 1. The van der Waals surface area contributed by atoms with Gasteiger partial charge in [-0.1, -0.05) is 12.2 Å². The van der Waals surface area contributed by atoms with Gasteiger partial charge in [-0.25, -0.2) is 8.78 Å². The number of piperidine rings is 1. The molecule has 2 fully saturated rings. The first-order chi connectivity index (χ1) is 18.0. The van der Waals surface area contributed by atoms with Crippen molar-refractivity contribution >= 4 is 34.3 Å². The van der Waals surface area contributed by atoms with Crippen molar-refractivity contribution < 1.29 is 26.9 Å². The predicted molar refractivity (Wildman–Crippen MR) is 139 cm³/mol. The van der Waals surface area contributed by atoms with E-state index < -0.39 is 34.0 Å². The monoisotopic (exact) mass is 557 g/mol. The van der Waals surface area contributed by atoms with Crippen molar-refractivity contribution in [3.8, 4) is 0 Å². The van der Waals surface area contributed by atoms with Gasteiger partial charge in [-0.3, -0.25) is 15.0 Å². The number of thiocarbonyl (C=S) groups is 1. The summed E-state index contributed by atoms with van der Waals surface area (Å²) >= 11 is 5.63. The summed E-state index contributed by atoms with van der Waals surface area (Å²) in [6.07, 6.45) is -2.80. The molecule has 2 aromatic rings. The third kappa shape index (κ3) is 6.87. The molecule has 0 bridgehead atoms. The molecule has 2 aromatic carbocycles. The largest absolute Gasteiger partial charge is 0.423 e. The van der Waals surface area contributed by atoms with Gasteiger partial charge in [-0.05, 0) is 37.1 Å². The first kappa shape index (κ1) is 28.0. The van der Waals surface area contributed by atoms with E-state index in [1.807, 2.05) is 4.90 Å². The van der Waals surface area contributed by atoms with Crippen LogP contribution < -0.4 is 10.2 Å². The molecule has 0 spiro atoms. The zero-order valence-corrected chi connectivity index (χ0v) is 21.3. The molecule has 2 saturated heterocycles. The summed E-state index contributed by atoms with van der Waals surface area (Å²) in [5, 5.41) is 14.0. The smallest absolute Gasteiger partial charge is 0.382 e. The summed E-state index contributed by atoms with van der Waals surface area (Å²) in [7, 11) is 0. The summed E-state index contributed by atoms with van der Waals surface area (Å²) in [6.45, 7) is 4.82. The molecule has 13 heteroatoms. The molecule has 1 N–H and O–H groups in total. The molecule has 0 unspecified atom stereocenters. The second-order valence-corrected chi connectivity index (χ2v) is 9.93. The summed E-state index contributed by atoms with van der Waals surface area (Å²) in [4.78, 5) is 17.0. The molecule has 7 nitrogen and oxygen atoms in total. The van der Waals surface area contributed by atoms with Gasteiger partial charge in [-0.2, -0.15) is 13.2 Å². The Bertz CT molecular complexity index is 1170. The van der Waals surface area contributed by atoms with Crippen LogP contribution in [-0.2, 0) is 6.18 Å². The minimum atomic E-state index is -4.82. The highest BCUT2D eigenvalue weighted by molar-refractivity contribution is 7.80. The van der Waals surface area contributed by atoms with Gasteiger partial charge in [0, 0.05) is 76.1 Å². The van der Waals surface area contributed by atoms with E-state index >= 15 is 0 Å². The molecule has 0 amide bonds. The fraction of sp³-hybridized carbons (Fsp3) is 0.480. The van der Waals surface area contributed by atoms with Crippen LogP contribution in [0.5, 0.6) is 0 Å². The van der Waals surface area contributed by atoms with Gasteiger partial charge in [0.1, 0.15) is 17.2 Å². The zero-order chi connectivity index (χ0) is 27.4. The topological polar surface area (TPSA) is 64.9 Å². The van der Waals surface area contributed by atoms with E-state index in [0.29, 0.717) is 51.1 Å². The zero-order valence-electron chi connectivity index (χ0n) is 20.5. The molecule has 0 saturated carbocycles. The van der Waals surface area contributed by atoms with Crippen molar-refractivity contribution in [2.24, 2.45) is 0 Å². The van der Waals surface area contributed by atoms with Gasteiger partial charge < -0.3 is 15.1 Å². The highest BCUT2D eigenvalue weighted by atomic mass is 32.1. The van der Waals surface area contributed by atoms with Crippen molar-refractivity contribution in [1.29, 1.82) is 0 Å². The van der Waals surface area contributed by atoms with E-state index in [1.165, 1.54) is 18.2 Å². The fourth-order valence-electron chi connectivity index (χ4n) is 4.88. The maximum atomic E-state index is 14.1. The first-order valence-corrected chi connectivity index (χ1v) is 12.7. The lowest BCUT2D eigenvalue weighted by Crippen LogP contribution is -2.48. The predicted octanol–water partition coefficient (Wildman–Crippen LogP) is 5.31. The molecule has 2 aliphatic heterocycles. The van der Waals surface area contributed by atoms with Crippen molar-refractivity contribution in [1.82, 2.24) is 9.80 Å². The third-order valence-corrected chi connectivity index (χ3v) is 7.44. The molecule has 2 heterocycles. The minimum Gasteiger partial charge on any atom is -0.382 e. The number of halogens is 5. The first-order valence-electron chi connectivity index (χ1n) is 12.3. The number of alkyl halides is 3. The number of anilines is 2. The van der Waals surface area contributed by atoms with Crippen LogP contribution in [0.15, 0.2) is 36.4 Å². The average Bonchev–Trinajstić information content (AvgIpc) is 2.87. The minimum absolute atomic E-state index is 0.0727. The molecule has 206 valence electrons. The van der Waals surface area contributed by atoms with E-state index in [1.54, 1.807) is 0 Å². The summed E-state index contributed by atoms with van der Waals surface area (Å²) in [5.41, 5.74) is -1.63. The maximum absolute atomic E-state index is 14.1. The van der Waals surface area contributed by atoms with E-state index in [-0.39, 0.29) is 11.7 Å². The van der Waals surface area contributed by atoms with E-state index in [0.717, 1.165) is 42.8 Å². The van der Waals surface area contributed by atoms with Crippen molar-refractivity contribution in [2.75, 3.05) is 56.0 Å². The third-order valence-electron chi connectivity index (χ3n) is 6.98. The number of nitro groups is 1. The molecule has 0 radical (unpaired) electrons. The molecule has 38 heavy (non-hydrogen) atoms. The molecular weight excluding hydrogens is 529 g/mol. The molecule has 0 aromatic heterocycles. The standard InChI is InChI=1S/C25H28F5N5O2S/c26-17-1-3-23(21(27)15-17)33-13-11-32(12-14-33)8-7-24(38)34-9-5-18(6-10-34)31-19-2-4-22(35(36)37)20(16-19)25(28,29)30/h1-4,15-16,18,31H,5-14H2. The van der Waals surface area contributed by atoms with Crippen LogP contribution in [0.2, 0.25) is 0 Å². The number of likely N-dealkylation sites (tertiary alicyclic amines) is 1. The van der Waals surface area contributed by atoms with Crippen LogP contribution in [-0.4, -0.2) is 71.6 Å². The van der Waals surface area contributed by atoms with Gasteiger partial charge in [-0.15, -0.1) is 0 Å². The van der Waals surface area contributed by atoms with Gasteiger partial charge in [0.15, 0.2) is 0 Å². The molecule has 0 atom stereocenters. The number of piperazine rings is 1. The Balaban J connectivity index is 1.21. The molecule has 0 aliphatic carbocycles. The maximum Gasteiger partial charge on any atom is 0.423 e. The number of hydrogen-bond acceptors (Lipinski definition) is 6. The highest BCUT2D eigenvalue weighted by Crippen LogP contribution is 2.38. The SMILES string of the molecule is O=[N+]([O-])c1ccc(NC2CCN(C(=S)CCN3CCN(c4ccc(F)cc4F)CC3)CC2)cc1C(F)(F)F. The Labute approximate surface area is 222 Å². The normalized spacial score (nSPS) is 17.5. The second kappa shape index (κ2) is 11.8. The number of rotatable bonds is 7. The van der Waals surface area contributed by atoms with Gasteiger partial charge >= 0.3 is 6.18 Å². The van der Waals surface area contributed by atoms with Crippen LogP contribution >= 0.6 is 12.2 Å². The van der Waals surface area contributed by atoms with Crippen LogP contribution in [0, 0.1) is 21.7 Å². The van der Waals surface area contributed by atoms with Gasteiger partial charge in [0.05, 0.1) is 15.6 Å². The Morgan fingerprint density at radius 3 is 2.32 bits per heavy atom. The Kier molecular flexibility index (Phi) is 8.66. The average molecular weight is 558 g/mol. The van der Waals surface area contributed by atoms with Crippen molar-refractivity contribution in [2.45, 2.75) is 31.5 Å². The van der Waals surface area contributed by atoms with Gasteiger partial charge in [0.2, 0.25) is 0 Å². The van der Waals surface area contributed by atoms with Crippen molar-refractivity contribution in [3.63, 3.8) is 0 Å². The quantitative estimate of drug-likeness (QED) is 0.214.